The van der Waals surface area contributed by atoms with Gasteiger partial charge in [0.05, 0.1) is 10.4 Å². The summed E-state index contributed by atoms with van der Waals surface area (Å²) < 4.78 is 0.724. The van der Waals surface area contributed by atoms with Crippen LogP contribution in [-0.2, 0) is 4.79 Å². The summed E-state index contributed by atoms with van der Waals surface area (Å²) in [6.07, 6.45) is 0.271. The highest BCUT2D eigenvalue weighted by Crippen LogP contribution is 2.26. The lowest BCUT2D eigenvalue weighted by Gasteiger charge is -2.15. The Morgan fingerprint density at radius 1 is 1.29 bits per heavy atom. The molecule has 0 aliphatic carbocycles. The van der Waals surface area contributed by atoms with Gasteiger partial charge >= 0.3 is 0 Å². The van der Waals surface area contributed by atoms with Gasteiger partial charge in [-0.25, -0.2) is 0 Å². The number of carbonyl (C=O) groups is 1. The van der Waals surface area contributed by atoms with Crippen LogP contribution < -0.4 is 11.1 Å². The van der Waals surface area contributed by atoms with Crippen LogP contribution in [0.25, 0.3) is 0 Å². The van der Waals surface area contributed by atoms with Crippen molar-refractivity contribution in [3.05, 3.63) is 57.2 Å². The third kappa shape index (κ3) is 5.32. The van der Waals surface area contributed by atoms with E-state index in [1.807, 2.05) is 49.4 Å². The Labute approximate surface area is 139 Å². The Morgan fingerprint density at radius 3 is 2.52 bits per heavy atom. The molecule has 1 aromatic carbocycles. The third-order valence-corrected chi connectivity index (χ3v) is 4.45. The van der Waals surface area contributed by atoms with Crippen molar-refractivity contribution < 1.29 is 4.79 Å². The second-order valence-electron chi connectivity index (χ2n) is 4.65. The summed E-state index contributed by atoms with van der Waals surface area (Å²) in [4.78, 5) is 13.0. The molecule has 2 unspecified atom stereocenters. The van der Waals surface area contributed by atoms with Crippen LogP contribution in [0.2, 0.25) is 4.34 Å². The maximum Gasteiger partial charge on any atom is 0.222 e. The molecule has 2 aromatic rings. The number of hydrogen-bond donors (Lipinski definition) is 2. The molecule has 0 aliphatic heterocycles. The van der Waals surface area contributed by atoms with E-state index in [0.717, 1.165) is 14.8 Å². The highest BCUT2D eigenvalue weighted by molar-refractivity contribution is 7.16. The van der Waals surface area contributed by atoms with Gasteiger partial charge in [-0.1, -0.05) is 41.9 Å². The van der Waals surface area contributed by atoms with E-state index in [4.69, 9.17) is 17.3 Å². The summed E-state index contributed by atoms with van der Waals surface area (Å²) in [5, 5.41) is 2.94. The molecule has 0 fully saturated rings. The largest absolute Gasteiger partial charge is 0.349 e. The topological polar surface area (TPSA) is 55.1 Å². The molecule has 1 aromatic heterocycles. The fourth-order valence-corrected chi connectivity index (χ4v) is 3.01. The maximum atomic E-state index is 12.0. The van der Waals surface area contributed by atoms with E-state index in [2.05, 4.69) is 5.32 Å². The van der Waals surface area contributed by atoms with E-state index in [1.165, 1.54) is 11.3 Å². The molecule has 0 bridgehead atoms. The third-order valence-electron chi connectivity index (χ3n) is 3.03. The van der Waals surface area contributed by atoms with Crippen LogP contribution >= 0.6 is 35.3 Å². The number of hydrogen-bond acceptors (Lipinski definition) is 3. The normalized spacial score (nSPS) is 13.1. The zero-order valence-electron chi connectivity index (χ0n) is 11.6. The molecular formula is C15H18Cl2N2OS. The summed E-state index contributed by atoms with van der Waals surface area (Å²) in [5.41, 5.74) is 7.00. The molecule has 6 heteroatoms. The van der Waals surface area contributed by atoms with E-state index in [-0.39, 0.29) is 36.8 Å². The van der Waals surface area contributed by atoms with Gasteiger partial charge in [0.2, 0.25) is 5.91 Å². The summed E-state index contributed by atoms with van der Waals surface area (Å²) in [7, 11) is 0. The van der Waals surface area contributed by atoms with Crippen LogP contribution in [0.1, 0.15) is 35.9 Å². The summed E-state index contributed by atoms with van der Waals surface area (Å²) in [6.45, 7) is 1.94. The number of thiophene rings is 1. The van der Waals surface area contributed by atoms with E-state index in [1.54, 1.807) is 0 Å². The molecule has 1 heterocycles. The minimum atomic E-state index is -0.282. The maximum absolute atomic E-state index is 12.0. The predicted octanol–water partition coefficient (Wildman–Crippen LogP) is 4.09. The second kappa shape index (κ2) is 8.39. The van der Waals surface area contributed by atoms with Gasteiger partial charge in [0.25, 0.3) is 0 Å². The lowest BCUT2D eigenvalue weighted by atomic mass is 10.0. The van der Waals surface area contributed by atoms with Crippen molar-refractivity contribution in [3.63, 3.8) is 0 Å². The minimum Gasteiger partial charge on any atom is -0.349 e. The number of carbonyl (C=O) groups excluding carboxylic acids is 1. The van der Waals surface area contributed by atoms with Crippen LogP contribution in [0.3, 0.4) is 0 Å². The molecular weight excluding hydrogens is 327 g/mol. The number of benzene rings is 1. The first kappa shape index (κ1) is 18.0. The first-order chi connectivity index (χ1) is 9.56. The molecule has 2 rings (SSSR count). The van der Waals surface area contributed by atoms with Crippen LogP contribution in [-0.4, -0.2) is 5.91 Å². The van der Waals surface area contributed by atoms with E-state index < -0.39 is 0 Å². The van der Waals surface area contributed by atoms with Gasteiger partial charge < -0.3 is 11.1 Å². The van der Waals surface area contributed by atoms with Crippen LogP contribution in [0.15, 0.2) is 42.5 Å². The fraction of sp³-hybridized carbons (Fsp3) is 0.267. The van der Waals surface area contributed by atoms with Crippen molar-refractivity contribution in [1.82, 2.24) is 5.32 Å². The zero-order valence-corrected chi connectivity index (χ0v) is 14.0. The molecule has 114 valence electrons. The first-order valence-corrected chi connectivity index (χ1v) is 7.61. The van der Waals surface area contributed by atoms with Gasteiger partial charge in [-0.15, -0.1) is 23.7 Å². The minimum absolute atomic E-state index is 0. The fourth-order valence-electron chi connectivity index (χ4n) is 1.95. The molecule has 0 aliphatic rings. The predicted molar refractivity (Wildman–Crippen MR) is 91.1 cm³/mol. The molecule has 3 nitrogen and oxygen atoms in total. The highest BCUT2D eigenvalue weighted by Gasteiger charge is 2.15. The number of nitrogens with one attached hydrogen (secondary N) is 1. The van der Waals surface area contributed by atoms with Gasteiger partial charge in [0.1, 0.15) is 0 Å². The van der Waals surface area contributed by atoms with Crippen LogP contribution in [0.4, 0.5) is 0 Å². The number of nitrogens with two attached hydrogens (primary N) is 1. The van der Waals surface area contributed by atoms with Crippen LogP contribution in [0.5, 0.6) is 0 Å². The van der Waals surface area contributed by atoms with Gasteiger partial charge in [-0.3, -0.25) is 4.79 Å². The quantitative estimate of drug-likeness (QED) is 0.858. The Kier molecular flexibility index (Phi) is 7.18. The second-order valence-corrected chi connectivity index (χ2v) is 6.40. The lowest BCUT2D eigenvalue weighted by Crippen LogP contribution is -2.29. The summed E-state index contributed by atoms with van der Waals surface area (Å²) in [5.74, 6) is -0.0571. The highest BCUT2D eigenvalue weighted by atomic mass is 35.5. The molecule has 3 N–H and O–H groups in total. The molecule has 0 spiro atoms. The standard InChI is InChI=1S/C15H17ClN2OS.ClH/c1-10(13-7-8-14(16)20-13)18-15(19)9-12(17)11-5-3-2-4-6-11;/h2-8,10,12H,9,17H2,1H3,(H,18,19);1H. The Morgan fingerprint density at radius 2 is 1.95 bits per heavy atom. The number of amides is 1. The number of rotatable bonds is 5. The molecule has 0 saturated carbocycles. The van der Waals surface area contributed by atoms with Crippen LogP contribution in [0, 0.1) is 0 Å². The molecule has 21 heavy (non-hydrogen) atoms. The first-order valence-electron chi connectivity index (χ1n) is 6.41. The SMILES string of the molecule is CC(NC(=O)CC(N)c1ccccc1)c1ccc(Cl)s1.Cl. The Hall–Kier alpha value is -1.07. The smallest absolute Gasteiger partial charge is 0.222 e. The van der Waals surface area contributed by atoms with Crippen molar-refractivity contribution >= 4 is 41.3 Å². The van der Waals surface area contributed by atoms with E-state index >= 15 is 0 Å². The molecule has 1 amide bonds. The van der Waals surface area contributed by atoms with Gasteiger partial charge in [-0.05, 0) is 24.6 Å². The van der Waals surface area contributed by atoms with Gasteiger partial charge in [-0.2, -0.15) is 0 Å². The monoisotopic (exact) mass is 344 g/mol. The molecule has 0 radical (unpaired) electrons. The Bertz CT molecular complexity index is 574. The summed E-state index contributed by atoms with van der Waals surface area (Å²) in [6, 6.07) is 13.1. The molecule has 2 atom stereocenters. The number of halogens is 2. The average Bonchev–Trinajstić information content (AvgIpc) is 2.86. The van der Waals surface area contributed by atoms with Crippen molar-refractivity contribution in [2.75, 3.05) is 0 Å². The average molecular weight is 345 g/mol. The van der Waals surface area contributed by atoms with Crippen molar-refractivity contribution in [1.29, 1.82) is 0 Å². The van der Waals surface area contributed by atoms with Crippen molar-refractivity contribution in [2.45, 2.75) is 25.4 Å². The van der Waals surface area contributed by atoms with Crippen molar-refractivity contribution in [3.8, 4) is 0 Å². The van der Waals surface area contributed by atoms with E-state index in [0.29, 0.717) is 0 Å². The summed E-state index contributed by atoms with van der Waals surface area (Å²) >= 11 is 7.36. The molecule has 0 saturated heterocycles. The Balaban J connectivity index is 0.00000220. The van der Waals surface area contributed by atoms with Crippen molar-refractivity contribution in [2.24, 2.45) is 5.73 Å². The van der Waals surface area contributed by atoms with Gasteiger partial charge in [0, 0.05) is 17.3 Å². The zero-order chi connectivity index (χ0) is 14.5. The lowest BCUT2D eigenvalue weighted by molar-refractivity contribution is -0.122. The van der Waals surface area contributed by atoms with Gasteiger partial charge in [0.15, 0.2) is 0 Å². The van der Waals surface area contributed by atoms with E-state index in [9.17, 15) is 4.79 Å².